The van der Waals surface area contributed by atoms with E-state index >= 15 is 0 Å². The normalized spacial score (nSPS) is 14.2. The minimum atomic E-state index is -4.95. The van der Waals surface area contributed by atoms with Gasteiger partial charge in [-0.2, -0.15) is 0 Å². The van der Waals surface area contributed by atoms with Gasteiger partial charge in [0.2, 0.25) is 0 Å². The van der Waals surface area contributed by atoms with Crippen LogP contribution in [0.5, 0.6) is 0 Å². The van der Waals surface area contributed by atoms with Gasteiger partial charge >= 0.3 is 39.5 Å². The van der Waals surface area contributed by atoms with E-state index in [-0.39, 0.29) is 25.7 Å². The number of rotatable bonds is 68. The van der Waals surface area contributed by atoms with Gasteiger partial charge in [0.1, 0.15) is 19.3 Å². The molecule has 0 aromatic rings. The van der Waals surface area contributed by atoms with E-state index in [1.54, 1.807) is 0 Å². The largest absolute Gasteiger partial charge is 0.472 e. The van der Waals surface area contributed by atoms with Gasteiger partial charge in [-0.15, -0.1) is 0 Å². The van der Waals surface area contributed by atoms with E-state index in [1.165, 1.54) is 154 Å². The minimum absolute atomic E-state index is 0.105. The molecule has 0 amide bonds. The Kier molecular flexibility index (Phi) is 59.9. The van der Waals surface area contributed by atoms with Crippen molar-refractivity contribution < 1.29 is 80.2 Å². The zero-order valence-corrected chi connectivity index (χ0v) is 58.8. The van der Waals surface area contributed by atoms with E-state index in [2.05, 4.69) is 41.5 Å². The zero-order valence-electron chi connectivity index (χ0n) is 57.0. The summed E-state index contributed by atoms with van der Waals surface area (Å²) in [6.45, 7) is 9.49. The molecule has 5 atom stereocenters. The molecule has 0 aliphatic carbocycles. The summed E-state index contributed by atoms with van der Waals surface area (Å²) in [5.74, 6) is -0.618. The van der Waals surface area contributed by atoms with Crippen molar-refractivity contribution >= 4 is 39.5 Å². The van der Waals surface area contributed by atoms with Gasteiger partial charge in [0.25, 0.3) is 0 Å². The molecule has 0 spiro atoms. The minimum Gasteiger partial charge on any atom is -0.462 e. The molecule has 88 heavy (non-hydrogen) atoms. The highest BCUT2D eigenvalue weighted by atomic mass is 31.2. The molecule has 0 saturated carbocycles. The highest BCUT2D eigenvalue weighted by molar-refractivity contribution is 7.47. The van der Waals surface area contributed by atoms with Crippen molar-refractivity contribution in [1.29, 1.82) is 0 Å². The molecular formula is C69H134O17P2. The number of carbonyl (C=O) groups is 4. The molecule has 0 aliphatic rings. The van der Waals surface area contributed by atoms with Crippen LogP contribution in [0.2, 0.25) is 0 Å². The molecule has 0 bridgehead atoms. The fraction of sp³-hybridized carbons (Fsp3) is 0.942. The third-order valence-corrected chi connectivity index (χ3v) is 17.9. The lowest BCUT2D eigenvalue weighted by Gasteiger charge is -2.21. The molecule has 19 heteroatoms. The maximum atomic E-state index is 13.0. The van der Waals surface area contributed by atoms with Crippen molar-refractivity contribution in [3.8, 4) is 0 Å². The summed E-state index contributed by atoms with van der Waals surface area (Å²) in [5.41, 5.74) is 0. The lowest BCUT2D eigenvalue weighted by atomic mass is 10.0. The Hall–Kier alpha value is -1.94. The molecule has 17 nitrogen and oxygen atoms in total. The first-order valence-corrected chi connectivity index (χ1v) is 39.0. The van der Waals surface area contributed by atoms with Gasteiger partial charge in [-0.3, -0.25) is 37.3 Å². The third kappa shape index (κ3) is 62.8. The fourth-order valence-corrected chi connectivity index (χ4v) is 12.0. The maximum absolute atomic E-state index is 13.0. The fourth-order valence-electron chi connectivity index (χ4n) is 10.4. The van der Waals surface area contributed by atoms with Crippen LogP contribution in [0, 0.1) is 11.8 Å². The van der Waals surface area contributed by atoms with Crippen LogP contribution in [-0.2, 0) is 65.4 Å². The number of phosphoric acid groups is 2. The third-order valence-electron chi connectivity index (χ3n) is 16.0. The highest BCUT2D eigenvalue weighted by Crippen LogP contribution is 2.45. The predicted molar refractivity (Wildman–Crippen MR) is 354 cm³/mol. The first-order chi connectivity index (χ1) is 42.4. The molecule has 3 N–H and O–H groups in total. The van der Waals surface area contributed by atoms with Crippen molar-refractivity contribution in [2.45, 2.75) is 368 Å². The number of ether oxygens (including phenoxy) is 4. The van der Waals surface area contributed by atoms with E-state index in [4.69, 9.17) is 37.0 Å². The van der Waals surface area contributed by atoms with Crippen LogP contribution in [-0.4, -0.2) is 96.7 Å². The number of esters is 4. The topological polar surface area (TPSA) is 237 Å². The van der Waals surface area contributed by atoms with Gasteiger partial charge in [0, 0.05) is 25.7 Å². The van der Waals surface area contributed by atoms with E-state index < -0.39 is 97.5 Å². The number of hydrogen-bond acceptors (Lipinski definition) is 15. The lowest BCUT2D eigenvalue weighted by molar-refractivity contribution is -0.161. The second kappa shape index (κ2) is 61.3. The second-order valence-electron chi connectivity index (χ2n) is 25.9. The SMILES string of the molecule is CCCCCCCCCCCCCCCCCC(=O)O[C@H](COC(=O)CCCCCCCCCCCCC(C)C)COP(=O)(O)OC[C@@H](O)COP(=O)(O)OC[C@@H](COC(=O)CCCCCCCCC)OC(=O)CCCCCCCCCCCCC(C)C. The van der Waals surface area contributed by atoms with Gasteiger partial charge in [0.15, 0.2) is 12.2 Å². The van der Waals surface area contributed by atoms with Crippen LogP contribution >= 0.6 is 15.6 Å². The zero-order chi connectivity index (χ0) is 65.0. The number of carbonyl (C=O) groups excluding carboxylic acids is 4. The first-order valence-electron chi connectivity index (χ1n) is 36.0. The van der Waals surface area contributed by atoms with Crippen LogP contribution in [0.4, 0.5) is 0 Å². The summed E-state index contributed by atoms with van der Waals surface area (Å²) >= 11 is 0. The Labute approximate surface area is 537 Å². The summed E-state index contributed by atoms with van der Waals surface area (Å²) in [5, 5.41) is 10.6. The van der Waals surface area contributed by atoms with E-state index in [0.29, 0.717) is 25.7 Å². The Morgan fingerprint density at radius 2 is 0.523 bits per heavy atom. The monoisotopic (exact) mass is 1300 g/mol. The number of aliphatic hydroxyl groups is 1. The van der Waals surface area contributed by atoms with Gasteiger partial charge in [0.05, 0.1) is 26.4 Å². The summed E-state index contributed by atoms with van der Waals surface area (Å²) in [7, 11) is -9.89. The molecule has 0 fully saturated rings. The second-order valence-corrected chi connectivity index (χ2v) is 28.8. The molecule has 0 aromatic carbocycles. The summed E-state index contributed by atoms with van der Waals surface area (Å²) in [4.78, 5) is 72.4. The molecule has 0 heterocycles. The Balaban J connectivity index is 5.21. The maximum Gasteiger partial charge on any atom is 0.472 e. The summed E-state index contributed by atoms with van der Waals surface area (Å²) < 4.78 is 68.2. The summed E-state index contributed by atoms with van der Waals surface area (Å²) in [6.07, 6.45) is 45.9. The number of unbranched alkanes of at least 4 members (excludes halogenated alkanes) is 38. The molecule has 0 aromatic heterocycles. The smallest absolute Gasteiger partial charge is 0.462 e. The van der Waals surface area contributed by atoms with Crippen molar-refractivity contribution in [3.63, 3.8) is 0 Å². The highest BCUT2D eigenvalue weighted by Gasteiger charge is 2.30. The standard InChI is InChI=1S/C69H134O17P2/c1-7-9-11-13-15-16-17-18-19-20-21-29-35-41-47-53-68(73)86-65(58-80-67(72)52-46-40-34-28-24-22-26-32-37-43-49-61(3)4)60-84-88(77,78)82-56-63(70)55-81-87(75,76)83-59-64(57-79-66(71)51-45-39-31-14-12-10-8-2)85-69(74)54-48-42-36-30-25-23-27-33-38-44-50-62(5)6/h61-65,70H,7-60H2,1-6H3,(H,75,76)(H,77,78)/t63-,64+,65+/m0/s1. The van der Waals surface area contributed by atoms with Crippen molar-refractivity contribution in [2.24, 2.45) is 11.8 Å². The Morgan fingerprint density at radius 1 is 0.307 bits per heavy atom. The average Bonchev–Trinajstić information content (AvgIpc) is 3.56. The van der Waals surface area contributed by atoms with E-state index in [9.17, 15) is 43.2 Å². The summed E-state index contributed by atoms with van der Waals surface area (Å²) in [6, 6.07) is 0. The van der Waals surface area contributed by atoms with Crippen molar-refractivity contribution in [3.05, 3.63) is 0 Å². The van der Waals surface area contributed by atoms with Crippen molar-refractivity contribution in [1.82, 2.24) is 0 Å². The number of phosphoric ester groups is 2. The van der Waals surface area contributed by atoms with Gasteiger partial charge in [-0.25, -0.2) is 9.13 Å². The molecule has 0 radical (unpaired) electrons. The molecule has 522 valence electrons. The number of aliphatic hydroxyl groups excluding tert-OH is 1. The predicted octanol–water partition coefficient (Wildman–Crippen LogP) is 19.6. The molecule has 0 saturated heterocycles. The van der Waals surface area contributed by atoms with Gasteiger partial charge in [-0.1, -0.05) is 298 Å². The van der Waals surface area contributed by atoms with Crippen LogP contribution < -0.4 is 0 Å². The van der Waals surface area contributed by atoms with E-state index in [0.717, 1.165) is 115 Å². The number of hydrogen-bond donors (Lipinski definition) is 3. The van der Waals surface area contributed by atoms with E-state index in [1.807, 2.05) is 0 Å². The first kappa shape index (κ1) is 86.1. The van der Waals surface area contributed by atoms with Crippen LogP contribution in [0.15, 0.2) is 0 Å². The Bertz CT molecular complexity index is 1720. The van der Waals surface area contributed by atoms with Crippen molar-refractivity contribution in [2.75, 3.05) is 39.6 Å². The van der Waals surface area contributed by atoms with Crippen LogP contribution in [0.1, 0.15) is 350 Å². The van der Waals surface area contributed by atoms with Gasteiger partial charge < -0.3 is 33.8 Å². The molecular weight excluding hydrogens is 1160 g/mol. The Morgan fingerprint density at radius 3 is 0.773 bits per heavy atom. The van der Waals surface area contributed by atoms with Gasteiger partial charge in [-0.05, 0) is 37.5 Å². The van der Waals surface area contributed by atoms with Crippen LogP contribution in [0.25, 0.3) is 0 Å². The lowest BCUT2D eigenvalue weighted by Crippen LogP contribution is -2.30. The quantitative estimate of drug-likeness (QED) is 0.0222. The molecule has 0 rings (SSSR count). The molecule has 2 unspecified atom stereocenters. The average molecular weight is 1300 g/mol. The molecule has 0 aliphatic heterocycles. The van der Waals surface area contributed by atoms with Crippen LogP contribution in [0.3, 0.4) is 0 Å².